The Hall–Kier alpha value is -2.11. The molecule has 5 heteroatoms. The molecule has 0 atom stereocenters. The lowest BCUT2D eigenvalue weighted by atomic mass is 9.95. The zero-order valence-corrected chi connectivity index (χ0v) is 12.2. The third-order valence-corrected chi connectivity index (χ3v) is 4.61. The van der Waals surface area contributed by atoms with Crippen molar-refractivity contribution in [2.75, 3.05) is 0 Å². The summed E-state index contributed by atoms with van der Waals surface area (Å²) in [5, 5.41) is 14.2. The number of pyridine rings is 2. The molecule has 2 aliphatic rings. The molecule has 0 fully saturated rings. The van der Waals surface area contributed by atoms with E-state index in [4.69, 9.17) is 4.99 Å². The standard InChI is InChI=1S/C16H15N4O/c1-10-15(2,3)20(21)16(19-10)11-6-4-8-17-13(11)14-12(16)7-5-9-18-14/h4-9H,1-3H3. The molecule has 0 saturated carbocycles. The van der Waals surface area contributed by atoms with Crippen LogP contribution in [0.5, 0.6) is 0 Å². The van der Waals surface area contributed by atoms with E-state index in [9.17, 15) is 5.21 Å². The van der Waals surface area contributed by atoms with Gasteiger partial charge in [0, 0.05) is 29.2 Å². The Morgan fingerprint density at radius 1 is 1.00 bits per heavy atom. The molecule has 0 amide bonds. The van der Waals surface area contributed by atoms with E-state index >= 15 is 0 Å². The van der Waals surface area contributed by atoms with Crippen LogP contribution in [0.4, 0.5) is 0 Å². The van der Waals surface area contributed by atoms with E-state index in [2.05, 4.69) is 9.97 Å². The van der Waals surface area contributed by atoms with Crippen molar-refractivity contribution in [1.82, 2.24) is 15.0 Å². The first kappa shape index (κ1) is 12.6. The van der Waals surface area contributed by atoms with E-state index in [0.29, 0.717) is 0 Å². The maximum Gasteiger partial charge on any atom is 0.194 e. The van der Waals surface area contributed by atoms with E-state index in [1.807, 2.05) is 45.0 Å². The topological polar surface area (TPSA) is 61.3 Å². The minimum absolute atomic E-state index is 0.648. The smallest absolute Gasteiger partial charge is 0.194 e. The third kappa shape index (κ3) is 1.30. The van der Waals surface area contributed by atoms with Crippen LogP contribution < -0.4 is 0 Å². The summed E-state index contributed by atoms with van der Waals surface area (Å²) in [5.41, 5.74) is 2.28. The lowest BCUT2D eigenvalue weighted by molar-refractivity contribution is -0.242. The maximum atomic E-state index is 13.1. The van der Waals surface area contributed by atoms with Gasteiger partial charge in [0.05, 0.1) is 16.9 Å². The van der Waals surface area contributed by atoms with Crippen molar-refractivity contribution in [3.8, 4) is 11.4 Å². The molecule has 0 N–H and O–H groups in total. The number of hydrogen-bond acceptors (Lipinski definition) is 4. The van der Waals surface area contributed by atoms with Crippen molar-refractivity contribution in [2.45, 2.75) is 32.0 Å². The minimum Gasteiger partial charge on any atom is -0.258 e. The van der Waals surface area contributed by atoms with Crippen molar-refractivity contribution >= 4 is 5.71 Å². The molecular weight excluding hydrogens is 264 g/mol. The number of fused-ring (bicyclic) bond motifs is 5. The van der Waals surface area contributed by atoms with Gasteiger partial charge in [-0.05, 0) is 32.9 Å². The first-order chi connectivity index (χ1) is 9.99. The number of hydroxylamine groups is 2. The molecule has 1 radical (unpaired) electrons. The predicted octanol–water partition coefficient (Wildman–Crippen LogP) is 2.56. The van der Waals surface area contributed by atoms with Crippen molar-refractivity contribution in [3.63, 3.8) is 0 Å². The molecule has 1 aliphatic heterocycles. The number of aliphatic imine (C=N–C) groups is 1. The Balaban J connectivity index is 2.12. The minimum atomic E-state index is -1.04. The largest absolute Gasteiger partial charge is 0.258 e. The number of rotatable bonds is 0. The van der Waals surface area contributed by atoms with Crippen molar-refractivity contribution < 1.29 is 5.21 Å². The summed E-state index contributed by atoms with van der Waals surface area (Å²) < 4.78 is 0. The third-order valence-electron chi connectivity index (χ3n) is 4.61. The summed E-state index contributed by atoms with van der Waals surface area (Å²) in [6.07, 6.45) is 3.45. The zero-order valence-electron chi connectivity index (χ0n) is 12.2. The quantitative estimate of drug-likeness (QED) is 0.744. The summed E-state index contributed by atoms with van der Waals surface area (Å²) in [6.45, 7) is 5.71. The molecule has 5 nitrogen and oxygen atoms in total. The molecule has 0 bridgehead atoms. The molecule has 4 rings (SSSR count). The van der Waals surface area contributed by atoms with Crippen LogP contribution in [-0.2, 0) is 10.9 Å². The molecular formula is C16H15N4O. The van der Waals surface area contributed by atoms with Crippen LogP contribution in [0.2, 0.25) is 0 Å². The predicted molar refractivity (Wildman–Crippen MR) is 78.0 cm³/mol. The number of aromatic nitrogens is 2. The SMILES string of the molecule is CC1=NC2(c3cccnc3-c3ncccc32)N([O])C1(C)C. The highest BCUT2D eigenvalue weighted by molar-refractivity contribution is 5.94. The monoisotopic (exact) mass is 279 g/mol. The molecule has 0 aromatic carbocycles. The fraction of sp³-hybridized carbons (Fsp3) is 0.312. The van der Waals surface area contributed by atoms with Gasteiger partial charge >= 0.3 is 0 Å². The van der Waals surface area contributed by atoms with Gasteiger partial charge in [0.15, 0.2) is 5.66 Å². The summed E-state index contributed by atoms with van der Waals surface area (Å²) in [6, 6.07) is 7.53. The highest BCUT2D eigenvalue weighted by Gasteiger charge is 2.59. The van der Waals surface area contributed by atoms with E-state index in [-0.39, 0.29) is 0 Å². The first-order valence-corrected chi connectivity index (χ1v) is 6.95. The van der Waals surface area contributed by atoms with Crippen LogP contribution in [0.15, 0.2) is 41.7 Å². The van der Waals surface area contributed by atoms with Gasteiger partial charge in [-0.3, -0.25) is 15.0 Å². The zero-order chi connectivity index (χ0) is 14.8. The normalized spacial score (nSPS) is 21.2. The highest BCUT2D eigenvalue weighted by atomic mass is 16.5. The van der Waals surface area contributed by atoms with Gasteiger partial charge in [-0.1, -0.05) is 12.1 Å². The Morgan fingerprint density at radius 2 is 1.52 bits per heavy atom. The van der Waals surface area contributed by atoms with Crippen LogP contribution in [0.3, 0.4) is 0 Å². The van der Waals surface area contributed by atoms with Gasteiger partial charge in [-0.15, -0.1) is 10.3 Å². The number of nitrogens with zero attached hydrogens (tertiary/aromatic N) is 4. The fourth-order valence-electron chi connectivity index (χ4n) is 3.21. The summed E-state index contributed by atoms with van der Waals surface area (Å²) >= 11 is 0. The van der Waals surface area contributed by atoms with Gasteiger partial charge in [0.25, 0.3) is 0 Å². The molecule has 21 heavy (non-hydrogen) atoms. The van der Waals surface area contributed by atoms with E-state index in [1.54, 1.807) is 12.4 Å². The van der Waals surface area contributed by atoms with E-state index < -0.39 is 11.2 Å². The molecule has 1 spiro atoms. The first-order valence-electron chi connectivity index (χ1n) is 6.95. The Kier molecular flexibility index (Phi) is 2.25. The lowest BCUT2D eigenvalue weighted by Crippen LogP contribution is -2.49. The molecule has 105 valence electrons. The van der Waals surface area contributed by atoms with Gasteiger partial charge in [0.2, 0.25) is 0 Å². The van der Waals surface area contributed by atoms with Crippen LogP contribution in [-0.4, -0.2) is 26.3 Å². The van der Waals surface area contributed by atoms with Gasteiger partial charge in [-0.25, -0.2) is 0 Å². The molecule has 3 heterocycles. The van der Waals surface area contributed by atoms with Crippen LogP contribution in [0.25, 0.3) is 11.4 Å². The second-order valence-corrected chi connectivity index (χ2v) is 6.02. The number of hydrogen-bond donors (Lipinski definition) is 0. The van der Waals surface area contributed by atoms with Crippen LogP contribution >= 0.6 is 0 Å². The second-order valence-electron chi connectivity index (χ2n) is 6.02. The van der Waals surface area contributed by atoms with E-state index in [0.717, 1.165) is 33.3 Å². The second kappa shape index (κ2) is 3.75. The van der Waals surface area contributed by atoms with Gasteiger partial charge in [0.1, 0.15) is 0 Å². The average Bonchev–Trinajstić information content (AvgIpc) is 2.87. The molecule has 0 unspecified atom stereocenters. The Morgan fingerprint density at radius 3 is 1.95 bits per heavy atom. The Labute approximate surface area is 123 Å². The summed E-state index contributed by atoms with van der Waals surface area (Å²) in [7, 11) is 0. The van der Waals surface area contributed by atoms with Crippen molar-refractivity contribution in [1.29, 1.82) is 0 Å². The molecule has 0 saturated heterocycles. The molecule has 1 aliphatic carbocycles. The van der Waals surface area contributed by atoms with Crippen LogP contribution in [0, 0.1) is 0 Å². The summed E-state index contributed by atoms with van der Waals surface area (Å²) in [4.78, 5) is 13.6. The fourth-order valence-corrected chi connectivity index (χ4v) is 3.21. The average molecular weight is 279 g/mol. The van der Waals surface area contributed by atoms with Crippen molar-refractivity contribution in [3.05, 3.63) is 47.8 Å². The van der Waals surface area contributed by atoms with Crippen LogP contribution in [0.1, 0.15) is 31.9 Å². The molecule has 2 aromatic rings. The highest BCUT2D eigenvalue weighted by Crippen LogP contribution is 2.54. The Bertz CT molecular complexity index is 736. The van der Waals surface area contributed by atoms with Gasteiger partial charge < -0.3 is 0 Å². The summed E-state index contributed by atoms with van der Waals surface area (Å²) in [5.74, 6) is 0. The van der Waals surface area contributed by atoms with Gasteiger partial charge in [-0.2, -0.15) is 0 Å². The maximum absolute atomic E-state index is 13.1. The lowest BCUT2D eigenvalue weighted by Gasteiger charge is -2.34. The van der Waals surface area contributed by atoms with E-state index in [1.165, 1.54) is 0 Å². The van der Waals surface area contributed by atoms with Crippen molar-refractivity contribution in [2.24, 2.45) is 4.99 Å². The molecule has 2 aromatic heterocycles.